The number of amides is 1. The third kappa shape index (κ3) is 4.00. The number of anilines is 2. The number of carbonyl (C=O) groups excluding carboxylic acids is 1. The fraction of sp³-hybridized carbons (Fsp3) is 0.174. The number of para-hydroxylation sites is 2. The first-order chi connectivity index (χ1) is 15.3. The number of rotatable bonds is 5. The largest absolute Gasteiger partial charge is 0.378 e. The van der Waals surface area contributed by atoms with Gasteiger partial charge in [0.05, 0.1) is 27.5 Å². The van der Waals surface area contributed by atoms with Crippen molar-refractivity contribution in [2.75, 3.05) is 10.2 Å². The van der Waals surface area contributed by atoms with Crippen LogP contribution in [0.3, 0.4) is 0 Å². The Morgan fingerprint density at radius 3 is 2.16 bits per heavy atom. The summed E-state index contributed by atoms with van der Waals surface area (Å²) in [6.07, 6.45) is 0.592. The molecule has 3 aromatic carbocycles. The molecule has 0 aliphatic carbocycles. The van der Waals surface area contributed by atoms with Crippen LogP contribution < -0.4 is 10.2 Å². The maximum absolute atomic E-state index is 13.4. The van der Waals surface area contributed by atoms with Gasteiger partial charge < -0.3 is 10.2 Å². The summed E-state index contributed by atoms with van der Waals surface area (Å²) in [6.45, 7) is 1.89. The average molecular weight is 432 g/mol. The summed E-state index contributed by atoms with van der Waals surface area (Å²) in [4.78, 5) is 36.0. The van der Waals surface area contributed by atoms with Gasteiger partial charge in [-0.15, -0.1) is 0 Å². The monoisotopic (exact) mass is 432 g/mol. The average Bonchev–Trinajstić information content (AvgIpc) is 2.79. The van der Waals surface area contributed by atoms with Gasteiger partial charge in [-0.25, -0.2) is 0 Å². The van der Waals surface area contributed by atoms with Crippen LogP contribution in [0, 0.1) is 20.2 Å². The topological polar surface area (TPSA) is 119 Å². The highest BCUT2D eigenvalue weighted by molar-refractivity contribution is 6.08. The van der Waals surface area contributed by atoms with Crippen LogP contribution in [0.1, 0.15) is 35.3 Å². The fourth-order valence-corrected chi connectivity index (χ4v) is 4.06. The van der Waals surface area contributed by atoms with Crippen molar-refractivity contribution in [2.24, 2.45) is 0 Å². The van der Waals surface area contributed by atoms with E-state index in [0.29, 0.717) is 12.1 Å². The van der Waals surface area contributed by atoms with Gasteiger partial charge in [-0.2, -0.15) is 0 Å². The standard InChI is InChI=1S/C23H20N4O5/c1-15-11-21(24-17-7-3-2-4-8-17)20-9-5-6-10-22(20)25(15)23(28)16-12-18(26(29)30)14-19(13-16)27(31)32/h2-10,12-15,21,24H,11H2,1H3. The van der Waals surface area contributed by atoms with E-state index in [1.807, 2.05) is 61.5 Å². The van der Waals surface area contributed by atoms with Crippen molar-refractivity contribution < 1.29 is 14.6 Å². The molecule has 2 unspecified atom stereocenters. The zero-order valence-corrected chi connectivity index (χ0v) is 17.2. The third-order valence-electron chi connectivity index (χ3n) is 5.49. The highest BCUT2D eigenvalue weighted by Crippen LogP contribution is 2.40. The van der Waals surface area contributed by atoms with Crippen LogP contribution in [0.4, 0.5) is 22.7 Å². The second-order valence-electron chi connectivity index (χ2n) is 7.63. The lowest BCUT2D eigenvalue weighted by atomic mass is 9.90. The molecule has 1 amide bonds. The summed E-state index contributed by atoms with van der Waals surface area (Å²) in [5.41, 5.74) is 1.44. The van der Waals surface area contributed by atoms with Crippen LogP contribution in [0.15, 0.2) is 72.8 Å². The first-order valence-corrected chi connectivity index (χ1v) is 10.0. The molecular formula is C23H20N4O5. The van der Waals surface area contributed by atoms with Crippen LogP contribution >= 0.6 is 0 Å². The number of fused-ring (bicyclic) bond motifs is 1. The summed E-state index contributed by atoms with van der Waals surface area (Å²) in [5.74, 6) is -0.519. The number of nitrogens with one attached hydrogen (secondary N) is 1. The van der Waals surface area contributed by atoms with Gasteiger partial charge in [-0.3, -0.25) is 25.0 Å². The van der Waals surface area contributed by atoms with Crippen molar-refractivity contribution in [1.82, 2.24) is 0 Å². The Labute approximate surface area is 183 Å². The van der Waals surface area contributed by atoms with Gasteiger partial charge in [0.15, 0.2) is 0 Å². The molecule has 0 fully saturated rings. The number of nitro groups is 2. The van der Waals surface area contributed by atoms with Crippen molar-refractivity contribution in [3.63, 3.8) is 0 Å². The number of non-ortho nitro benzene ring substituents is 2. The number of carbonyl (C=O) groups is 1. The molecule has 9 nitrogen and oxygen atoms in total. The molecular weight excluding hydrogens is 412 g/mol. The Bertz CT molecular complexity index is 1170. The summed E-state index contributed by atoms with van der Waals surface area (Å²) in [6, 6.07) is 19.9. The second kappa shape index (κ2) is 8.46. The lowest BCUT2D eigenvalue weighted by molar-refractivity contribution is -0.394. The summed E-state index contributed by atoms with van der Waals surface area (Å²) < 4.78 is 0. The van der Waals surface area contributed by atoms with Gasteiger partial charge in [-0.05, 0) is 37.1 Å². The number of benzene rings is 3. The van der Waals surface area contributed by atoms with Crippen molar-refractivity contribution in [2.45, 2.75) is 25.4 Å². The summed E-state index contributed by atoms with van der Waals surface area (Å²) in [7, 11) is 0. The molecule has 9 heteroatoms. The Kier molecular flexibility index (Phi) is 5.55. The number of nitrogens with zero attached hydrogens (tertiary/aromatic N) is 3. The van der Waals surface area contributed by atoms with E-state index >= 15 is 0 Å². The highest BCUT2D eigenvalue weighted by Gasteiger charge is 2.35. The molecule has 162 valence electrons. The zero-order chi connectivity index (χ0) is 22.8. The lowest BCUT2D eigenvalue weighted by Gasteiger charge is -2.40. The molecule has 0 spiro atoms. The molecule has 3 aromatic rings. The highest BCUT2D eigenvalue weighted by atomic mass is 16.6. The minimum absolute atomic E-state index is 0.0490. The van der Waals surface area contributed by atoms with Crippen molar-refractivity contribution in [3.8, 4) is 0 Å². The third-order valence-corrected chi connectivity index (χ3v) is 5.49. The molecule has 4 rings (SSSR count). The van der Waals surface area contributed by atoms with Crippen LogP contribution in [0.25, 0.3) is 0 Å². The molecule has 0 radical (unpaired) electrons. The number of hydrogen-bond acceptors (Lipinski definition) is 6. The van der Waals surface area contributed by atoms with Crippen LogP contribution in [-0.2, 0) is 0 Å². The van der Waals surface area contributed by atoms with Gasteiger partial charge in [0.25, 0.3) is 17.3 Å². The second-order valence-corrected chi connectivity index (χ2v) is 7.63. The first-order valence-electron chi connectivity index (χ1n) is 10.0. The van der Waals surface area contributed by atoms with E-state index in [9.17, 15) is 25.0 Å². The van der Waals surface area contributed by atoms with Crippen molar-refractivity contribution >= 4 is 28.7 Å². The molecule has 2 atom stereocenters. The normalized spacial score (nSPS) is 17.3. The van der Waals surface area contributed by atoms with E-state index in [0.717, 1.165) is 29.4 Å². The van der Waals surface area contributed by atoms with Gasteiger partial charge in [-0.1, -0.05) is 36.4 Å². The van der Waals surface area contributed by atoms with E-state index < -0.39 is 27.1 Å². The Hall–Kier alpha value is -4.27. The van der Waals surface area contributed by atoms with Crippen LogP contribution in [-0.4, -0.2) is 21.8 Å². The van der Waals surface area contributed by atoms with E-state index in [-0.39, 0.29) is 17.6 Å². The Balaban J connectivity index is 1.73. The predicted octanol–water partition coefficient (Wildman–Crippen LogP) is 5.10. The van der Waals surface area contributed by atoms with Crippen LogP contribution in [0.2, 0.25) is 0 Å². The fourth-order valence-electron chi connectivity index (χ4n) is 4.06. The minimum Gasteiger partial charge on any atom is -0.378 e. The van der Waals surface area contributed by atoms with Crippen molar-refractivity contribution in [3.05, 3.63) is 104 Å². The molecule has 1 heterocycles. The molecule has 32 heavy (non-hydrogen) atoms. The molecule has 0 aromatic heterocycles. The molecule has 1 N–H and O–H groups in total. The van der Waals surface area contributed by atoms with Gasteiger partial charge in [0.1, 0.15) is 0 Å². The zero-order valence-electron chi connectivity index (χ0n) is 17.2. The number of nitro benzene ring substituents is 2. The molecule has 0 saturated heterocycles. The maximum atomic E-state index is 13.4. The molecule has 1 aliphatic rings. The molecule has 0 saturated carbocycles. The minimum atomic E-state index is -0.739. The van der Waals surface area contributed by atoms with E-state index in [1.165, 1.54) is 0 Å². The van der Waals surface area contributed by atoms with E-state index in [4.69, 9.17) is 0 Å². The lowest BCUT2D eigenvalue weighted by Crippen LogP contribution is -2.44. The van der Waals surface area contributed by atoms with E-state index in [2.05, 4.69) is 5.32 Å². The van der Waals surface area contributed by atoms with Gasteiger partial charge >= 0.3 is 0 Å². The first kappa shape index (κ1) is 21.0. The summed E-state index contributed by atoms with van der Waals surface area (Å²) in [5, 5.41) is 26.0. The maximum Gasteiger partial charge on any atom is 0.277 e. The Morgan fingerprint density at radius 2 is 1.53 bits per heavy atom. The molecule has 1 aliphatic heterocycles. The van der Waals surface area contributed by atoms with Crippen molar-refractivity contribution in [1.29, 1.82) is 0 Å². The molecule has 0 bridgehead atoms. The SMILES string of the molecule is CC1CC(Nc2ccccc2)c2ccccc2N1C(=O)c1cc([N+](=O)[O-])cc([N+](=O)[O-])c1. The Morgan fingerprint density at radius 1 is 0.938 bits per heavy atom. The summed E-state index contributed by atoms with van der Waals surface area (Å²) >= 11 is 0. The predicted molar refractivity (Wildman–Crippen MR) is 120 cm³/mol. The number of hydrogen-bond donors (Lipinski definition) is 1. The quantitative estimate of drug-likeness (QED) is 0.443. The van der Waals surface area contributed by atoms with Crippen LogP contribution in [0.5, 0.6) is 0 Å². The van der Waals surface area contributed by atoms with E-state index in [1.54, 1.807) is 4.90 Å². The van der Waals surface area contributed by atoms with Gasteiger partial charge in [0.2, 0.25) is 0 Å². The van der Waals surface area contributed by atoms with Gasteiger partial charge in [0, 0.05) is 29.5 Å². The smallest absolute Gasteiger partial charge is 0.277 e.